The van der Waals surface area contributed by atoms with E-state index < -0.39 is 11.6 Å². The van der Waals surface area contributed by atoms with E-state index in [1.165, 1.54) is 0 Å². The molecule has 3 aromatic rings. The number of carbonyl (C=O) groups excluding carboxylic acids is 2. The molecule has 0 atom stereocenters. The summed E-state index contributed by atoms with van der Waals surface area (Å²) in [5, 5.41) is 22.3. The van der Waals surface area contributed by atoms with Crippen molar-refractivity contribution >= 4 is 22.3 Å². The maximum atomic E-state index is 13.1. The molecule has 130 valence electrons. The monoisotopic (exact) mass is 346 g/mol. The van der Waals surface area contributed by atoms with Gasteiger partial charge in [-0.25, -0.2) is 0 Å². The number of fused-ring (bicyclic) bond motifs is 3. The number of benzene rings is 3. The van der Waals surface area contributed by atoms with Crippen molar-refractivity contribution in [3.05, 3.63) is 68.8 Å². The number of hydrogen-bond donors (Lipinski definition) is 2. The minimum Gasteiger partial charge on any atom is -0.506 e. The number of ketones is 2. The lowest BCUT2D eigenvalue weighted by Gasteiger charge is -2.22. The Morgan fingerprint density at radius 1 is 0.577 bits per heavy atom. The molecule has 0 bridgehead atoms. The van der Waals surface area contributed by atoms with E-state index >= 15 is 0 Å². The van der Waals surface area contributed by atoms with Crippen LogP contribution in [0.5, 0.6) is 11.5 Å². The Bertz CT molecular complexity index is 1080. The average molecular weight is 346 g/mol. The summed E-state index contributed by atoms with van der Waals surface area (Å²) in [6, 6.07) is 6.81. The van der Waals surface area contributed by atoms with Gasteiger partial charge in [-0.2, -0.15) is 0 Å². The van der Waals surface area contributed by atoms with E-state index in [1.807, 2.05) is 27.7 Å². The molecule has 0 amide bonds. The Morgan fingerprint density at radius 2 is 0.885 bits per heavy atom. The molecule has 0 radical (unpaired) electrons. The van der Waals surface area contributed by atoms with Crippen LogP contribution in [-0.2, 0) is 0 Å². The van der Waals surface area contributed by atoms with E-state index in [4.69, 9.17) is 0 Å². The lowest BCUT2D eigenvalue weighted by atomic mass is 9.79. The van der Waals surface area contributed by atoms with E-state index in [1.54, 1.807) is 24.3 Å². The molecule has 0 spiro atoms. The van der Waals surface area contributed by atoms with Crippen molar-refractivity contribution in [3.8, 4) is 11.5 Å². The normalized spacial score (nSPS) is 13.1. The van der Waals surface area contributed by atoms with Crippen LogP contribution in [0.2, 0.25) is 0 Å². The molecule has 2 N–H and O–H groups in total. The molecule has 0 saturated carbocycles. The van der Waals surface area contributed by atoms with Crippen molar-refractivity contribution in [2.75, 3.05) is 0 Å². The first kappa shape index (κ1) is 16.3. The van der Waals surface area contributed by atoms with E-state index in [9.17, 15) is 19.8 Å². The van der Waals surface area contributed by atoms with Crippen LogP contribution in [0, 0.1) is 27.7 Å². The number of rotatable bonds is 0. The van der Waals surface area contributed by atoms with Crippen LogP contribution in [0.25, 0.3) is 10.8 Å². The summed E-state index contributed by atoms with van der Waals surface area (Å²) >= 11 is 0. The molecule has 0 saturated heterocycles. The third kappa shape index (κ3) is 1.96. The van der Waals surface area contributed by atoms with Gasteiger partial charge in [0.25, 0.3) is 0 Å². The van der Waals surface area contributed by atoms with Crippen LogP contribution in [0.4, 0.5) is 0 Å². The molecular formula is C22H18O4. The van der Waals surface area contributed by atoms with Crippen LogP contribution in [-0.4, -0.2) is 21.8 Å². The second-order valence-corrected chi connectivity index (χ2v) is 7.07. The summed E-state index contributed by atoms with van der Waals surface area (Å²) in [6.45, 7) is 7.51. The fourth-order valence-electron chi connectivity index (χ4n) is 3.62. The highest BCUT2D eigenvalue weighted by Crippen LogP contribution is 2.45. The minimum absolute atomic E-state index is 0.112. The van der Waals surface area contributed by atoms with E-state index in [0.717, 1.165) is 22.3 Å². The Hall–Kier alpha value is -3.14. The Balaban J connectivity index is 2.16. The molecule has 1 aliphatic carbocycles. The van der Waals surface area contributed by atoms with E-state index in [-0.39, 0.29) is 33.8 Å². The van der Waals surface area contributed by atoms with E-state index in [0.29, 0.717) is 10.8 Å². The molecule has 0 fully saturated rings. The van der Waals surface area contributed by atoms with Gasteiger partial charge in [0, 0.05) is 21.9 Å². The van der Waals surface area contributed by atoms with Crippen LogP contribution in [0.1, 0.15) is 54.1 Å². The van der Waals surface area contributed by atoms with Gasteiger partial charge < -0.3 is 10.2 Å². The summed E-state index contributed by atoms with van der Waals surface area (Å²) < 4.78 is 0. The summed E-state index contributed by atoms with van der Waals surface area (Å²) in [6.07, 6.45) is 0. The third-order valence-corrected chi connectivity index (χ3v) is 5.44. The number of aromatic hydroxyl groups is 2. The number of carbonyl (C=O) groups is 2. The van der Waals surface area contributed by atoms with Gasteiger partial charge in [0.2, 0.25) is 0 Å². The first-order valence-electron chi connectivity index (χ1n) is 8.41. The van der Waals surface area contributed by atoms with Gasteiger partial charge in [0.15, 0.2) is 11.6 Å². The van der Waals surface area contributed by atoms with Gasteiger partial charge in [-0.15, -0.1) is 0 Å². The second kappa shape index (κ2) is 5.18. The van der Waals surface area contributed by atoms with Crippen molar-refractivity contribution in [1.29, 1.82) is 0 Å². The number of hydrogen-bond acceptors (Lipinski definition) is 4. The fourth-order valence-corrected chi connectivity index (χ4v) is 3.62. The minimum atomic E-state index is -0.439. The average Bonchev–Trinajstić information content (AvgIpc) is 2.59. The number of phenols is 2. The van der Waals surface area contributed by atoms with E-state index in [2.05, 4.69) is 0 Å². The molecule has 4 heteroatoms. The van der Waals surface area contributed by atoms with Gasteiger partial charge in [-0.3, -0.25) is 9.59 Å². The van der Waals surface area contributed by atoms with Crippen LogP contribution < -0.4 is 0 Å². The van der Waals surface area contributed by atoms with Crippen molar-refractivity contribution < 1.29 is 19.8 Å². The molecule has 4 nitrogen and oxygen atoms in total. The molecule has 1 aliphatic rings. The topological polar surface area (TPSA) is 74.6 Å². The Labute approximate surface area is 150 Å². The molecular weight excluding hydrogens is 328 g/mol. The molecule has 26 heavy (non-hydrogen) atoms. The predicted molar refractivity (Wildman–Crippen MR) is 99.5 cm³/mol. The molecule has 0 aliphatic heterocycles. The fraction of sp³-hybridized carbons (Fsp3) is 0.182. The lowest BCUT2D eigenvalue weighted by molar-refractivity contribution is 0.0974. The first-order chi connectivity index (χ1) is 12.2. The SMILES string of the molecule is Cc1cc2c(cc1C)C(=O)c1c(c(O)c3cc(C)c(C)cc3c1O)C2=O. The summed E-state index contributed by atoms with van der Waals surface area (Å²) in [5.41, 5.74) is 3.95. The quantitative estimate of drug-likeness (QED) is 0.467. The predicted octanol–water partition coefficient (Wildman–Crippen LogP) is 4.26. The van der Waals surface area contributed by atoms with Gasteiger partial charge >= 0.3 is 0 Å². The van der Waals surface area contributed by atoms with Gasteiger partial charge in [-0.05, 0) is 74.2 Å². The lowest BCUT2D eigenvalue weighted by Crippen LogP contribution is -2.22. The van der Waals surface area contributed by atoms with Gasteiger partial charge in [0.1, 0.15) is 11.5 Å². The largest absolute Gasteiger partial charge is 0.506 e. The highest BCUT2D eigenvalue weighted by molar-refractivity contribution is 6.32. The first-order valence-corrected chi connectivity index (χ1v) is 8.41. The summed E-state index contributed by atoms with van der Waals surface area (Å²) in [7, 11) is 0. The summed E-state index contributed by atoms with van der Waals surface area (Å²) in [4.78, 5) is 26.1. The maximum Gasteiger partial charge on any atom is 0.198 e. The Morgan fingerprint density at radius 3 is 1.23 bits per heavy atom. The second-order valence-electron chi connectivity index (χ2n) is 7.07. The highest BCUT2D eigenvalue weighted by Gasteiger charge is 2.36. The Kier molecular flexibility index (Phi) is 3.25. The van der Waals surface area contributed by atoms with Crippen molar-refractivity contribution in [1.82, 2.24) is 0 Å². The van der Waals surface area contributed by atoms with Crippen molar-refractivity contribution in [2.45, 2.75) is 27.7 Å². The molecule has 0 aromatic heterocycles. The standard InChI is InChI=1S/C22H18O4/c1-9-5-13-14(6-10(9)2)20(24)18-17(19(13)23)21(25)15-7-11(3)12(4)8-16(15)22(18)26/h5-8,23-24H,1-4H3. The summed E-state index contributed by atoms with van der Waals surface area (Å²) in [5.74, 6) is -1.38. The van der Waals surface area contributed by atoms with Crippen molar-refractivity contribution in [2.24, 2.45) is 0 Å². The van der Waals surface area contributed by atoms with Crippen LogP contribution in [0.15, 0.2) is 24.3 Å². The van der Waals surface area contributed by atoms with Crippen molar-refractivity contribution in [3.63, 3.8) is 0 Å². The maximum absolute atomic E-state index is 13.1. The zero-order chi connectivity index (χ0) is 18.9. The van der Waals surface area contributed by atoms with Crippen LogP contribution >= 0.6 is 0 Å². The molecule has 0 heterocycles. The zero-order valence-electron chi connectivity index (χ0n) is 15.0. The zero-order valence-corrected chi connectivity index (χ0v) is 15.0. The third-order valence-electron chi connectivity index (χ3n) is 5.44. The highest BCUT2D eigenvalue weighted by atomic mass is 16.3. The molecule has 4 rings (SSSR count). The molecule has 0 unspecified atom stereocenters. The number of phenolic OH excluding ortho intramolecular Hbond substituents is 2. The van der Waals surface area contributed by atoms with Crippen LogP contribution in [0.3, 0.4) is 0 Å². The van der Waals surface area contributed by atoms with Gasteiger partial charge in [-0.1, -0.05) is 0 Å². The smallest absolute Gasteiger partial charge is 0.198 e. The number of aryl methyl sites for hydroxylation is 4. The van der Waals surface area contributed by atoms with Gasteiger partial charge in [0.05, 0.1) is 11.1 Å². The molecule has 3 aromatic carbocycles.